The fourth-order valence-corrected chi connectivity index (χ4v) is 1.58. The molecule has 1 aromatic carbocycles. The van der Waals surface area contributed by atoms with Crippen molar-refractivity contribution in [1.29, 1.82) is 0 Å². The zero-order chi connectivity index (χ0) is 14.0. The monoisotopic (exact) mass is 270 g/mol. The lowest BCUT2D eigenvalue weighted by molar-refractivity contribution is -0.274. The molecule has 0 amide bonds. The summed E-state index contributed by atoms with van der Waals surface area (Å²) in [6.07, 6.45) is -1.08. The number of nitrogens with zero attached hydrogens (tertiary/aromatic N) is 2. The van der Waals surface area contributed by atoms with Gasteiger partial charge in [-0.15, -0.1) is 13.2 Å². The van der Waals surface area contributed by atoms with Crippen molar-refractivity contribution in [3.8, 4) is 11.4 Å². The van der Waals surface area contributed by atoms with E-state index >= 15 is 0 Å². The van der Waals surface area contributed by atoms with Crippen molar-refractivity contribution in [2.45, 2.75) is 26.1 Å². The van der Waals surface area contributed by atoms with Crippen LogP contribution in [0, 0.1) is 0 Å². The first kappa shape index (κ1) is 13.5. The lowest BCUT2D eigenvalue weighted by atomic mass is 10.1. The summed E-state index contributed by atoms with van der Waals surface area (Å²) in [7, 11) is 0. The van der Waals surface area contributed by atoms with E-state index in [9.17, 15) is 13.2 Å². The largest absolute Gasteiger partial charge is 0.573 e. The molecule has 0 radical (unpaired) electrons. The van der Waals surface area contributed by atoms with Crippen LogP contribution in [0.2, 0.25) is 0 Å². The Balaban J connectivity index is 2.17. The second-order valence-electron chi connectivity index (χ2n) is 4.41. The number of halogens is 3. The first-order chi connectivity index (χ1) is 8.85. The topological polar surface area (TPSA) is 27.1 Å². The van der Waals surface area contributed by atoms with Gasteiger partial charge in [0.1, 0.15) is 5.75 Å². The van der Waals surface area contributed by atoms with Crippen LogP contribution in [0.3, 0.4) is 0 Å². The highest BCUT2D eigenvalue weighted by Crippen LogP contribution is 2.24. The normalized spacial score (nSPS) is 11.9. The van der Waals surface area contributed by atoms with Crippen molar-refractivity contribution in [2.75, 3.05) is 0 Å². The van der Waals surface area contributed by atoms with Crippen molar-refractivity contribution in [2.24, 2.45) is 0 Å². The minimum absolute atomic E-state index is 0.243. The third kappa shape index (κ3) is 3.49. The van der Waals surface area contributed by atoms with Gasteiger partial charge >= 0.3 is 6.36 Å². The Kier molecular flexibility index (Phi) is 3.50. The van der Waals surface area contributed by atoms with Crippen molar-refractivity contribution >= 4 is 0 Å². The third-order valence-corrected chi connectivity index (χ3v) is 2.60. The van der Waals surface area contributed by atoms with Crippen LogP contribution in [0.1, 0.15) is 25.3 Å². The van der Waals surface area contributed by atoms with E-state index in [0.29, 0.717) is 11.6 Å². The average molecular weight is 270 g/mol. The molecule has 0 saturated heterocycles. The van der Waals surface area contributed by atoms with Crippen LogP contribution < -0.4 is 4.74 Å². The molecule has 0 bridgehead atoms. The van der Waals surface area contributed by atoms with Gasteiger partial charge in [0.25, 0.3) is 0 Å². The molecule has 0 fully saturated rings. The molecule has 0 spiro atoms. The van der Waals surface area contributed by atoms with Gasteiger partial charge in [-0.25, -0.2) is 4.68 Å². The fraction of sp³-hybridized carbons (Fsp3) is 0.308. The van der Waals surface area contributed by atoms with Crippen LogP contribution in [0.4, 0.5) is 13.2 Å². The number of rotatable bonds is 3. The molecule has 102 valence electrons. The minimum Gasteiger partial charge on any atom is -0.406 e. The number of hydrogen-bond donors (Lipinski definition) is 0. The maximum absolute atomic E-state index is 12.0. The maximum atomic E-state index is 12.0. The molecule has 3 nitrogen and oxygen atoms in total. The Bertz CT molecular complexity index is 544. The number of ether oxygens (including phenoxy) is 1. The van der Waals surface area contributed by atoms with E-state index in [1.54, 1.807) is 10.9 Å². The van der Waals surface area contributed by atoms with Crippen molar-refractivity contribution in [3.63, 3.8) is 0 Å². The van der Waals surface area contributed by atoms with Crippen LogP contribution in [-0.4, -0.2) is 16.1 Å². The Hall–Kier alpha value is -1.98. The number of hydrogen-bond acceptors (Lipinski definition) is 2. The lowest BCUT2D eigenvalue weighted by Crippen LogP contribution is -2.17. The molecule has 0 N–H and O–H groups in total. The molecule has 0 aliphatic heterocycles. The zero-order valence-electron chi connectivity index (χ0n) is 10.5. The van der Waals surface area contributed by atoms with Gasteiger partial charge < -0.3 is 4.74 Å². The smallest absolute Gasteiger partial charge is 0.406 e. The van der Waals surface area contributed by atoms with Crippen molar-refractivity contribution in [3.05, 3.63) is 42.2 Å². The van der Waals surface area contributed by atoms with E-state index < -0.39 is 6.36 Å². The van der Waals surface area contributed by atoms with Crippen LogP contribution in [-0.2, 0) is 0 Å². The Morgan fingerprint density at radius 2 is 1.79 bits per heavy atom. The molecule has 0 unspecified atom stereocenters. The molecule has 0 aliphatic carbocycles. The van der Waals surface area contributed by atoms with Crippen LogP contribution >= 0.6 is 0 Å². The van der Waals surface area contributed by atoms with E-state index in [4.69, 9.17) is 0 Å². The Morgan fingerprint density at radius 1 is 1.16 bits per heavy atom. The van der Waals surface area contributed by atoms with E-state index in [1.807, 2.05) is 20.0 Å². The Labute approximate surface area is 108 Å². The second-order valence-corrected chi connectivity index (χ2v) is 4.41. The molecule has 0 atom stereocenters. The van der Waals surface area contributed by atoms with Gasteiger partial charge in [0, 0.05) is 6.20 Å². The predicted octanol–water partition coefficient (Wildman–Crippen LogP) is 3.89. The minimum atomic E-state index is -4.67. The van der Waals surface area contributed by atoms with Crippen LogP contribution in [0.25, 0.3) is 5.69 Å². The molecule has 0 saturated carbocycles. The first-order valence-electron chi connectivity index (χ1n) is 5.76. The molecule has 1 heterocycles. The highest BCUT2D eigenvalue weighted by molar-refractivity contribution is 5.37. The first-order valence-corrected chi connectivity index (χ1v) is 5.76. The van der Waals surface area contributed by atoms with E-state index in [2.05, 4.69) is 9.84 Å². The summed E-state index contributed by atoms with van der Waals surface area (Å²) in [5, 5.41) is 4.17. The fourth-order valence-electron chi connectivity index (χ4n) is 1.58. The predicted molar refractivity (Wildman–Crippen MR) is 64.3 cm³/mol. The lowest BCUT2D eigenvalue weighted by Gasteiger charge is -2.09. The molecular weight excluding hydrogens is 257 g/mol. The van der Waals surface area contributed by atoms with Gasteiger partial charge in [-0.3, -0.25) is 0 Å². The summed E-state index contributed by atoms with van der Waals surface area (Å²) in [4.78, 5) is 0. The van der Waals surface area contributed by atoms with E-state index in [-0.39, 0.29) is 5.75 Å². The van der Waals surface area contributed by atoms with E-state index in [0.717, 1.165) is 5.56 Å². The maximum Gasteiger partial charge on any atom is 0.573 e. The highest BCUT2D eigenvalue weighted by atomic mass is 19.4. The Morgan fingerprint density at radius 3 is 2.26 bits per heavy atom. The second kappa shape index (κ2) is 4.95. The molecule has 2 aromatic rings. The third-order valence-electron chi connectivity index (χ3n) is 2.60. The summed E-state index contributed by atoms with van der Waals surface area (Å²) in [6.45, 7) is 4.09. The summed E-state index contributed by atoms with van der Waals surface area (Å²) in [5.74, 6) is 0.106. The number of alkyl halides is 3. The standard InChI is InChI=1S/C13H13F3N2O/c1-9(2)10-7-17-18(8-10)11-3-5-12(6-4-11)19-13(14,15)16/h3-9H,1-2H3. The van der Waals surface area contributed by atoms with Gasteiger partial charge in [0.05, 0.1) is 11.9 Å². The molecule has 1 aromatic heterocycles. The number of benzene rings is 1. The van der Waals surface area contributed by atoms with Crippen LogP contribution in [0.15, 0.2) is 36.7 Å². The molecule has 0 aliphatic rings. The van der Waals surface area contributed by atoms with Crippen molar-refractivity contribution in [1.82, 2.24) is 9.78 Å². The van der Waals surface area contributed by atoms with Gasteiger partial charge in [-0.05, 0) is 35.7 Å². The zero-order valence-corrected chi connectivity index (χ0v) is 10.5. The highest BCUT2D eigenvalue weighted by Gasteiger charge is 2.30. The van der Waals surface area contributed by atoms with Gasteiger partial charge in [0.2, 0.25) is 0 Å². The molecule has 6 heteroatoms. The molecular formula is C13H13F3N2O. The van der Waals surface area contributed by atoms with Gasteiger partial charge in [-0.2, -0.15) is 5.10 Å². The summed E-state index contributed by atoms with van der Waals surface area (Å²) < 4.78 is 41.5. The summed E-state index contributed by atoms with van der Waals surface area (Å²) >= 11 is 0. The van der Waals surface area contributed by atoms with Crippen molar-refractivity contribution < 1.29 is 17.9 Å². The SMILES string of the molecule is CC(C)c1cnn(-c2ccc(OC(F)(F)F)cc2)c1. The summed E-state index contributed by atoms with van der Waals surface area (Å²) in [5.41, 5.74) is 1.75. The molecule has 2 rings (SSSR count). The summed E-state index contributed by atoms with van der Waals surface area (Å²) in [6, 6.07) is 5.58. The number of aromatic nitrogens is 2. The van der Waals surface area contributed by atoms with Gasteiger partial charge in [-0.1, -0.05) is 13.8 Å². The van der Waals surface area contributed by atoms with Gasteiger partial charge in [0.15, 0.2) is 0 Å². The average Bonchev–Trinajstić information content (AvgIpc) is 2.77. The van der Waals surface area contributed by atoms with Crippen LogP contribution in [0.5, 0.6) is 5.75 Å². The quantitative estimate of drug-likeness (QED) is 0.846. The van der Waals surface area contributed by atoms with E-state index in [1.165, 1.54) is 24.3 Å². The molecule has 19 heavy (non-hydrogen) atoms.